The molecule has 0 aliphatic heterocycles. The molecule has 124 valence electrons. The van der Waals surface area contributed by atoms with Gasteiger partial charge in [-0.15, -0.1) is 12.4 Å². The molecule has 0 aromatic heterocycles. The van der Waals surface area contributed by atoms with E-state index in [2.05, 4.69) is 5.32 Å². The topological polar surface area (TPSA) is 105 Å². The van der Waals surface area contributed by atoms with Gasteiger partial charge in [0.2, 0.25) is 0 Å². The normalized spacial score (nSPS) is 12.1. The van der Waals surface area contributed by atoms with Crippen molar-refractivity contribution >= 4 is 35.8 Å². The Bertz CT molecular complexity index is 803. The van der Waals surface area contributed by atoms with E-state index < -0.39 is 5.97 Å². The first-order chi connectivity index (χ1) is 11.0. The lowest BCUT2D eigenvalue weighted by Gasteiger charge is -2.07. The number of aryl methyl sites for hydroxylation is 1. The van der Waals surface area contributed by atoms with Crippen LogP contribution in [0.3, 0.4) is 0 Å². The average molecular weight is 346 g/mol. The Balaban J connectivity index is 0.00000208. The second-order valence-corrected chi connectivity index (χ2v) is 5.25. The second kappa shape index (κ2) is 7.14. The maximum Gasteiger partial charge on any atom is 0.343 e. The van der Waals surface area contributed by atoms with E-state index in [-0.39, 0.29) is 24.1 Å². The zero-order valence-corrected chi connectivity index (χ0v) is 13.5. The Hall–Kier alpha value is -2.86. The highest BCUT2D eigenvalue weighted by Crippen LogP contribution is 2.26. The number of ether oxygens (including phenoxy) is 1. The molecule has 1 aliphatic rings. The van der Waals surface area contributed by atoms with Crippen molar-refractivity contribution < 1.29 is 14.3 Å². The van der Waals surface area contributed by atoms with Gasteiger partial charge in [-0.2, -0.15) is 0 Å². The van der Waals surface area contributed by atoms with E-state index in [9.17, 15) is 9.59 Å². The van der Waals surface area contributed by atoms with Crippen LogP contribution >= 0.6 is 12.4 Å². The van der Waals surface area contributed by atoms with Crippen molar-refractivity contribution in [2.45, 2.75) is 12.8 Å². The van der Waals surface area contributed by atoms with Crippen LogP contribution < -0.4 is 15.8 Å². The van der Waals surface area contributed by atoms with Crippen LogP contribution in [-0.2, 0) is 6.42 Å². The molecular formula is C17H16ClN3O3. The first-order valence-corrected chi connectivity index (χ1v) is 7.12. The summed E-state index contributed by atoms with van der Waals surface area (Å²) in [5, 5.41) is 9.77. The summed E-state index contributed by atoms with van der Waals surface area (Å²) in [5.41, 5.74) is 7.87. The fourth-order valence-corrected chi connectivity index (χ4v) is 2.51. The van der Waals surface area contributed by atoms with Gasteiger partial charge in [0.15, 0.2) is 11.7 Å². The number of carbonyl (C=O) groups is 2. The molecule has 0 spiro atoms. The van der Waals surface area contributed by atoms with Gasteiger partial charge in [0.25, 0.3) is 0 Å². The summed E-state index contributed by atoms with van der Waals surface area (Å²) in [5.74, 6) is -0.0995. The first kappa shape index (κ1) is 17.5. The second-order valence-electron chi connectivity index (χ2n) is 5.25. The number of fused-ring (bicyclic) bond motifs is 1. The predicted octanol–water partition coefficient (Wildman–Crippen LogP) is 2.76. The van der Waals surface area contributed by atoms with Gasteiger partial charge >= 0.3 is 5.97 Å². The molecule has 6 nitrogen and oxygen atoms in total. The van der Waals surface area contributed by atoms with Gasteiger partial charge in [-0.05, 0) is 54.4 Å². The van der Waals surface area contributed by atoms with Crippen LogP contribution in [-0.4, -0.2) is 17.7 Å². The van der Waals surface area contributed by atoms with Crippen LogP contribution in [0.15, 0.2) is 42.5 Å². The van der Waals surface area contributed by atoms with Crippen LogP contribution in [0.4, 0.5) is 5.69 Å². The lowest BCUT2D eigenvalue weighted by Crippen LogP contribution is -2.20. The van der Waals surface area contributed by atoms with E-state index in [1.165, 1.54) is 0 Å². The van der Waals surface area contributed by atoms with Gasteiger partial charge in [-0.1, -0.05) is 0 Å². The van der Waals surface area contributed by atoms with Gasteiger partial charge in [0, 0.05) is 17.7 Å². The lowest BCUT2D eigenvalue weighted by molar-refractivity contribution is 0.0734. The number of nitrogens with two attached hydrogens (primary N) is 1. The molecule has 3 rings (SSSR count). The van der Waals surface area contributed by atoms with Crippen molar-refractivity contribution in [2.24, 2.45) is 5.73 Å². The first-order valence-electron chi connectivity index (χ1n) is 7.12. The van der Waals surface area contributed by atoms with Crippen molar-refractivity contribution in [1.82, 2.24) is 0 Å². The molecule has 0 fully saturated rings. The third kappa shape index (κ3) is 3.72. The van der Waals surface area contributed by atoms with E-state index in [4.69, 9.17) is 15.9 Å². The molecule has 1 aliphatic carbocycles. The molecule has 0 bridgehead atoms. The number of anilines is 1. The number of benzene rings is 2. The van der Waals surface area contributed by atoms with Crippen molar-refractivity contribution in [3.05, 3.63) is 59.2 Å². The summed E-state index contributed by atoms with van der Waals surface area (Å²) >= 11 is 0. The fraction of sp³-hybridized carbons (Fsp3) is 0.118. The number of hydrogen-bond acceptors (Lipinski definition) is 4. The maximum absolute atomic E-state index is 12.1. The Labute approximate surface area is 144 Å². The summed E-state index contributed by atoms with van der Waals surface area (Å²) in [6.45, 7) is 0. The van der Waals surface area contributed by atoms with Gasteiger partial charge in [-0.25, -0.2) is 4.79 Å². The standard InChI is InChI=1S/C17H15N3O3.ClH/c18-17(19)20-12-4-1-10(2-5-12)16(22)23-13-6-7-14-11(9-13)3-8-15(14)21;/h1-2,4-7,9H,3,8H2,(H4,18,19,20);1H. The van der Waals surface area contributed by atoms with Crippen LogP contribution in [0.25, 0.3) is 0 Å². The number of rotatable bonds is 3. The van der Waals surface area contributed by atoms with Crippen molar-refractivity contribution in [3.63, 3.8) is 0 Å². The minimum absolute atomic E-state index is 0. The number of carbonyl (C=O) groups excluding carboxylic acids is 2. The molecule has 0 radical (unpaired) electrons. The van der Waals surface area contributed by atoms with Crippen molar-refractivity contribution in [2.75, 3.05) is 5.32 Å². The smallest absolute Gasteiger partial charge is 0.343 e. The molecule has 0 amide bonds. The van der Waals surface area contributed by atoms with Crippen LogP contribution in [0.5, 0.6) is 5.75 Å². The molecule has 4 N–H and O–H groups in total. The fourth-order valence-electron chi connectivity index (χ4n) is 2.51. The molecular weight excluding hydrogens is 330 g/mol. The zero-order chi connectivity index (χ0) is 16.4. The molecule has 0 saturated heterocycles. The SMILES string of the molecule is Cl.N=C(N)Nc1ccc(C(=O)Oc2ccc3c(c2)CCC3=O)cc1. The molecule has 2 aromatic carbocycles. The molecule has 7 heteroatoms. The quantitative estimate of drug-likeness (QED) is 0.343. The summed E-state index contributed by atoms with van der Waals surface area (Å²) in [7, 11) is 0. The van der Waals surface area contributed by atoms with Gasteiger partial charge in [0.05, 0.1) is 5.56 Å². The monoisotopic (exact) mass is 345 g/mol. The molecule has 24 heavy (non-hydrogen) atoms. The third-order valence-electron chi connectivity index (χ3n) is 3.61. The molecule has 0 heterocycles. The van der Waals surface area contributed by atoms with E-state index in [0.717, 1.165) is 5.56 Å². The Kier molecular flexibility index (Phi) is 5.21. The Morgan fingerprint density at radius 2 is 1.83 bits per heavy atom. The minimum atomic E-state index is -0.483. The molecule has 2 aromatic rings. The maximum atomic E-state index is 12.1. The molecule has 0 saturated carbocycles. The van der Waals surface area contributed by atoms with Crippen molar-refractivity contribution in [3.8, 4) is 5.75 Å². The summed E-state index contributed by atoms with van der Waals surface area (Å²) in [6.07, 6.45) is 1.20. The number of ketones is 1. The molecule has 0 atom stereocenters. The number of nitrogens with one attached hydrogen (secondary N) is 2. The predicted molar refractivity (Wildman–Crippen MR) is 93.3 cm³/mol. The number of hydrogen-bond donors (Lipinski definition) is 3. The Morgan fingerprint density at radius 1 is 1.12 bits per heavy atom. The van der Waals surface area contributed by atoms with E-state index in [1.54, 1.807) is 42.5 Å². The van der Waals surface area contributed by atoms with E-state index in [0.29, 0.717) is 35.4 Å². The van der Waals surface area contributed by atoms with Gasteiger partial charge < -0.3 is 15.8 Å². The highest BCUT2D eigenvalue weighted by atomic mass is 35.5. The average Bonchev–Trinajstić information content (AvgIpc) is 2.88. The highest BCUT2D eigenvalue weighted by Gasteiger charge is 2.20. The van der Waals surface area contributed by atoms with E-state index in [1.807, 2.05) is 0 Å². The van der Waals surface area contributed by atoms with Crippen LogP contribution in [0, 0.1) is 5.41 Å². The number of guanidine groups is 1. The highest BCUT2D eigenvalue weighted by molar-refractivity contribution is 6.00. The van der Waals surface area contributed by atoms with Crippen LogP contribution in [0.2, 0.25) is 0 Å². The van der Waals surface area contributed by atoms with Crippen molar-refractivity contribution in [1.29, 1.82) is 5.41 Å². The summed E-state index contributed by atoms with van der Waals surface area (Å²) < 4.78 is 5.34. The lowest BCUT2D eigenvalue weighted by atomic mass is 10.1. The number of halogens is 1. The van der Waals surface area contributed by atoms with E-state index >= 15 is 0 Å². The van der Waals surface area contributed by atoms with Gasteiger partial charge in [0.1, 0.15) is 5.75 Å². The summed E-state index contributed by atoms with van der Waals surface area (Å²) in [4.78, 5) is 23.7. The minimum Gasteiger partial charge on any atom is -0.423 e. The number of Topliss-reactive ketones (excluding diaryl/α,β-unsaturated/α-hetero) is 1. The third-order valence-corrected chi connectivity index (χ3v) is 3.61. The van der Waals surface area contributed by atoms with Crippen LogP contribution in [0.1, 0.15) is 32.7 Å². The molecule has 0 unspecified atom stereocenters. The van der Waals surface area contributed by atoms with Gasteiger partial charge in [-0.3, -0.25) is 10.2 Å². The zero-order valence-electron chi connectivity index (χ0n) is 12.7. The largest absolute Gasteiger partial charge is 0.423 e. The summed E-state index contributed by atoms with van der Waals surface area (Å²) in [6, 6.07) is 11.5. The Morgan fingerprint density at radius 3 is 2.50 bits per heavy atom. The number of esters is 1.